The molecule has 0 spiro atoms. The Kier molecular flexibility index (Phi) is 3.58. The quantitative estimate of drug-likeness (QED) is 0.712. The van der Waals surface area contributed by atoms with Crippen molar-refractivity contribution in [2.24, 2.45) is 0 Å². The van der Waals surface area contributed by atoms with E-state index in [1.54, 1.807) is 16.8 Å². The first-order chi connectivity index (χ1) is 7.77. The second-order valence-electron chi connectivity index (χ2n) is 4.05. The van der Waals surface area contributed by atoms with E-state index < -0.39 is 0 Å². The standard InChI is InChI=1S/C11H18N4O/c12-10-2-1-5-15(11(10)16)9-8-14-6-3-13-4-7-14/h1-2,5,13H,3-4,6-9,12H2. The van der Waals surface area contributed by atoms with E-state index in [1.165, 1.54) is 0 Å². The maximum Gasteiger partial charge on any atom is 0.273 e. The molecule has 0 amide bonds. The highest BCUT2D eigenvalue weighted by Gasteiger charge is 2.09. The van der Waals surface area contributed by atoms with Gasteiger partial charge in [-0.1, -0.05) is 0 Å². The van der Waals surface area contributed by atoms with E-state index in [4.69, 9.17) is 5.73 Å². The summed E-state index contributed by atoms with van der Waals surface area (Å²) in [5, 5.41) is 3.30. The SMILES string of the molecule is Nc1cccn(CCN2CCNCC2)c1=O. The van der Waals surface area contributed by atoms with Gasteiger partial charge in [-0.2, -0.15) is 0 Å². The average molecular weight is 222 g/mol. The lowest BCUT2D eigenvalue weighted by Crippen LogP contribution is -2.45. The number of piperazine rings is 1. The van der Waals surface area contributed by atoms with Crippen molar-refractivity contribution in [1.82, 2.24) is 14.8 Å². The van der Waals surface area contributed by atoms with Crippen molar-refractivity contribution in [3.8, 4) is 0 Å². The van der Waals surface area contributed by atoms with Crippen LogP contribution in [0.15, 0.2) is 23.1 Å². The second-order valence-corrected chi connectivity index (χ2v) is 4.05. The lowest BCUT2D eigenvalue weighted by molar-refractivity contribution is 0.231. The highest BCUT2D eigenvalue weighted by atomic mass is 16.1. The lowest BCUT2D eigenvalue weighted by atomic mass is 10.3. The number of anilines is 1. The lowest BCUT2D eigenvalue weighted by Gasteiger charge is -2.27. The Labute approximate surface area is 94.9 Å². The third kappa shape index (κ3) is 2.62. The topological polar surface area (TPSA) is 63.3 Å². The van der Waals surface area contributed by atoms with Gasteiger partial charge in [0.05, 0.1) is 5.69 Å². The smallest absolute Gasteiger partial charge is 0.273 e. The van der Waals surface area contributed by atoms with Crippen LogP contribution in [0.4, 0.5) is 5.69 Å². The summed E-state index contributed by atoms with van der Waals surface area (Å²) in [4.78, 5) is 14.0. The van der Waals surface area contributed by atoms with Crippen LogP contribution >= 0.6 is 0 Å². The number of rotatable bonds is 3. The van der Waals surface area contributed by atoms with Gasteiger partial charge in [0.25, 0.3) is 5.56 Å². The van der Waals surface area contributed by atoms with Crippen LogP contribution in [0, 0.1) is 0 Å². The number of nitrogens with two attached hydrogens (primary N) is 1. The van der Waals surface area contributed by atoms with Crippen LogP contribution in [0.3, 0.4) is 0 Å². The molecule has 0 bridgehead atoms. The molecule has 1 saturated heterocycles. The van der Waals surface area contributed by atoms with Crippen LogP contribution < -0.4 is 16.6 Å². The van der Waals surface area contributed by atoms with Gasteiger partial charge in [-0.3, -0.25) is 9.69 Å². The molecule has 1 aliphatic rings. The molecule has 1 fully saturated rings. The van der Waals surface area contributed by atoms with Gasteiger partial charge in [-0.25, -0.2) is 0 Å². The second kappa shape index (κ2) is 5.14. The first-order valence-corrected chi connectivity index (χ1v) is 5.65. The Morgan fingerprint density at radius 2 is 2.06 bits per heavy atom. The molecule has 0 aromatic carbocycles. The number of hydrogen-bond acceptors (Lipinski definition) is 4. The van der Waals surface area contributed by atoms with Crippen LogP contribution in [0.1, 0.15) is 0 Å². The molecule has 1 aromatic heterocycles. The predicted octanol–water partition coefficient (Wildman–Crippen LogP) is -0.664. The van der Waals surface area contributed by atoms with Crippen LogP contribution in [0.5, 0.6) is 0 Å². The van der Waals surface area contributed by atoms with Gasteiger partial charge in [-0.05, 0) is 12.1 Å². The van der Waals surface area contributed by atoms with Crippen molar-refractivity contribution >= 4 is 5.69 Å². The van der Waals surface area contributed by atoms with E-state index in [9.17, 15) is 4.79 Å². The van der Waals surface area contributed by atoms with Crippen LogP contribution in [0.2, 0.25) is 0 Å². The van der Waals surface area contributed by atoms with Crippen molar-refractivity contribution in [3.05, 3.63) is 28.7 Å². The molecule has 0 unspecified atom stereocenters. The summed E-state index contributed by atoms with van der Waals surface area (Å²) in [6, 6.07) is 3.46. The molecule has 1 aliphatic heterocycles. The third-order valence-corrected chi connectivity index (χ3v) is 2.92. The summed E-state index contributed by atoms with van der Waals surface area (Å²) in [5.74, 6) is 0. The monoisotopic (exact) mass is 222 g/mol. The fourth-order valence-corrected chi connectivity index (χ4v) is 1.92. The Morgan fingerprint density at radius 3 is 2.81 bits per heavy atom. The van der Waals surface area contributed by atoms with Gasteiger partial charge in [-0.15, -0.1) is 0 Å². The van der Waals surface area contributed by atoms with Gasteiger partial charge in [0, 0.05) is 45.5 Å². The number of nitrogen functional groups attached to an aromatic ring is 1. The van der Waals surface area contributed by atoms with Gasteiger partial charge in [0.15, 0.2) is 0 Å². The summed E-state index contributed by atoms with van der Waals surface area (Å²) in [6.07, 6.45) is 1.79. The van der Waals surface area contributed by atoms with Crippen LogP contribution in [-0.4, -0.2) is 42.2 Å². The normalized spacial score (nSPS) is 17.5. The van der Waals surface area contributed by atoms with Crippen LogP contribution in [0.25, 0.3) is 0 Å². The van der Waals surface area contributed by atoms with Gasteiger partial charge >= 0.3 is 0 Å². The molecule has 0 radical (unpaired) electrons. The van der Waals surface area contributed by atoms with Gasteiger partial charge < -0.3 is 15.6 Å². The Hall–Kier alpha value is -1.33. The third-order valence-electron chi connectivity index (χ3n) is 2.92. The summed E-state index contributed by atoms with van der Waals surface area (Å²) >= 11 is 0. The highest BCUT2D eigenvalue weighted by molar-refractivity contribution is 5.33. The zero-order chi connectivity index (χ0) is 11.4. The van der Waals surface area contributed by atoms with E-state index in [-0.39, 0.29) is 5.56 Å². The number of nitrogens with one attached hydrogen (secondary N) is 1. The fourth-order valence-electron chi connectivity index (χ4n) is 1.92. The number of hydrogen-bond donors (Lipinski definition) is 2. The Balaban J connectivity index is 1.94. The Bertz CT molecular complexity index is 395. The molecule has 2 rings (SSSR count). The van der Waals surface area contributed by atoms with E-state index in [0.29, 0.717) is 12.2 Å². The molecule has 0 saturated carbocycles. The molecule has 0 atom stereocenters. The molecule has 88 valence electrons. The van der Waals surface area contributed by atoms with Crippen molar-refractivity contribution in [3.63, 3.8) is 0 Å². The average Bonchev–Trinajstić information content (AvgIpc) is 2.32. The largest absolute Gasteiger partial charge is 0.394 e. The minimum atomic E-state index is -0.0855. The van der Waals surface area contributed by atoms with Crippen LogP contribution in [-0.2, 0) is 6.54 Å². The first-order valence-electron chi connectivity index (χ1n) is 5.65. The van der Waals surface area contributed by atoms with E-state index in [2.05, 4.69) is 10.2 Å². The highest BCUT2D eigenvalue weighted by Crippen LogP contribution is 1.95. The molecule has 3 N–H and O–H groups in total. The van der Waals surface area contributed by atoms with Gasteiger partial charge in [0.2, 0.25) is 0 Å². The summed E-state index contributed by atoms with van der Waals surface area (Å²) < 4.78 is 1.68. The zero-order valence-electron chi connectivity index (χ0n) is 9.35. The molecule has 5 heteroatoms. The van der Waals surface area contributed by atoms with Crippen molar-refractivity contribution in [2.45, 2.75) is 6.54 Å². The minimum Gasteiger partial charge on any atom is -0.394 e. The van der Waals surface area contributed by atoms with E-state index in [0.717, 1.165) is 32.7 Å². The minimum absolute atomic E-state index is 0.0855. The molecule has 2 heterocycles. The number of aromatic nitrogens is 1. The van der Waals surface area contributed by atoms with E-state index >= 15 is 0 Å². The maximum absolute atomic E-state index is 11.6. The molecular weight excluding hydrogens is 204 g/mol. The van der Waals surface area contributed by atoms with Gasteiger partial charge in [0.1, 0.15) is 0 Å². The first kappa shape index (κ1) is 11.2. The fraction of sp³-hybridized carbons (Fsp3) is 0.545. The summed E-state index contributed by atoms with van der Waals surface area (Å²) in [7, 11) is 0. The van der Waals surface area contributed by atoms with Crippen molar-refractivity contribution < 1.29 is 0 Å². The molecule has 16 heavy (non-hydrogen) atoms. The maximum atomic E-state index is 11.6. The predicted molar refractivity (Wildman–Crippen MR) is 64.4 cm³/mol. The number of nitrogens with zero attached hydrogens (tertiary/aromatic N) is 2. The summed E-state index contributed by atoms with van der Waals surface area (Å²) in [5.41, 5.74) is 5.81. The Morgan fingerprint density at radius 1 is 1.31 bits per heavy atom. The summed E-state index contributed by atoms with van der Waals surface area (Å²) in [6.45, 7) is 5.79. The molecular formula is C11H18N4O. The van der Waals surface area contributed by atoms with Crippen molar-refractivity contribution in [1.29, 1.82) is 0 Å². The molecule has 0 aliphatic carbocycles. The van der Waals surface area contributed by atoms with Crippen molar-refractivity contribution in [2.75, 3.05) is 38.5 Å². The number of pyridine rings is 1. The molecule has 1 aromatic rings. The zero-order valence-corrected chi connectivity index (χ0v) is 9.35. The molecule has 5 nitrogen and oxygen atoms in total. The van der Waals surface area contributed by atoms with E-state index in [1.807, 2.05) is 6.07 Å².